The highest BCUT2D eigenvalue weighted by molar-refractivity contribution is 5.87. The predicted molar refractivity (Wildman–Crippen MR) is 116 cm³/mol. The normalized spacial score (nSPS) is 43.9. The molecule has 11 atom stereocenters. The summed E-state index contributed by atoms with van der Waals surface area (Å²) in [7, 11) is 0. The Labute approximate surface area is 200 Å². The van der Waals surface area contributed by atoms with E-state index in [0.29, 0.717) is 0 Å². The van der Waals surface area contributed by atoms with Crippen molar-refractivity contribution in [3.8, 4) is 0 Å². The van der Waals surface area contributed by atoms with Crippen molar-refractivity contribution in [1.82, 2.24) is 0 Å². The van der Waals surface area contributed by atoms with Crippen molar-refractivity contribution in [2.24, 2.45) is 11.8 Å². The van der Waals surface area contributed by atoms with Crippen LogP contribution in [0.2, 0.25) is 0 Å². The van der Waals surface area contributed by atoms with E-state index in [1.165, 1.54) is 12.3 Å². The quantitative estimate of drug-likeness (QED) is 0.174. The van der Waals surface area contributed by atoms with Crippen LogP contribution < -0.4 is 0 Å². The first kappa shape index (κ1) is 24.3. The molecule has 0 bridgehead atoms. The molecule has 0 aromatic heterocycles. The molecule has 5 N–H and O–H groups in total. The van der Waals surface area contributed by atoms with Gasteiger partial charge < -0.3 is 49.2 Å². The maximum absolute atomic E-state index is 12.3. The molecule has 1 aromatic carbocycles. The van der Waals surface area contributed by atoms with E-state index in [1.54, 1.807) is 12.2 Å². The van der Waals surface area contributed by atoms with E-state index in [1.807, 2.05) is 30.3 Å². The van der Waals surface area contributed by atoms with E-state index in [4.69, 9.17) is 23.7 Å². The molecular weight excluding hydrogens is 464 g/mol. The molecule has 11 nitrogen and oxygen atoms in total. The largest absolute Gasteiger partial charge is 0.472 e. The molecule has 5 rings (SSSR count). The van der Waals surface area contributed by atoms with Gasteiger partial charge in [0.15, 0.2) is 6.29 Å². The zero-order valence-corrected chi connectivity index (χ0v) is 18.6. The van der Waals surface area contributed by atoms with Gasteiger partial charge in [0.2, 0.25) is 6.29 Å². The Morgan fingerprint density at radius 1 is 1.03 bits per heavy atom. The summed E-state index contributed by atoms with van der Waals surface area (Å²) in [6, 6.07) is 9.24. The topological polar surface area (TPSA) is 168 Å². The first-order valence-electron chi connectivity index (χ1n) is 11.4. The summed E-state index contributed by atoms with van der Waals surface area (Å²) in [5, 5.41) is 50.5. The number of hydrogen-bond acceptors (Lipinski definition) is 11. The van der Waals surface area contributed by atoms with Crippen molar-refractivity contribution in [2.45, 2.75) is 54.8 Å². The number of ether oxygens (including phenoxy) is 5. The van der Waals surface area contributed by atoms with Gasteiger partial charge in [0, 0.05) is 12.0 Å². The number of esters is 1. The number of rotatable bonds is 7. The van der Waals surface area contributed by atoms with Crippen LogP contribution in [0.25, 0.3) is 6.08 Å². The fraction of sp³-hybridized carbons (Fsp3) is 0.542. The Morgan fingerprint density at radius 3 is 2.54 bits per heavy atom. The van der Waals surface area contributed by atoms with Crippen molar-refractivity contribution >= 4 is 12.0 Å². The van der Waals surface area contributed by atoms with Crippen LogP contribution in [0.4, 0.5) is 0 Å². The number of epoxide rings is 1. The number of aliphatic hydroxyl groups is 5. The Morgan fingerprint density at radius 2 is 1.80 bits per heavy atom. The molecule has 0 radical (unpaired) electrons. The van der Waals surface area contributed by atoms with Crippen molar-refractivity contribution < 1.29 is 54.0 Å². The third-order valence-electron chi connectivity index (χ3n) is 7.03. The molecule has 0 unspecified atom stereocenters. The van der Waals surface area contributed by atoms with Gasteiger partial charge in [0.1, 0.15) is 42.7 Å². The van der Waals surface area contributed by atoms with Crippen LogP contribution in [0.15, 0.2) is 48.7 Å². The molecule has 1 aliphatic carbocycles. The fourth-order valence-corrected chi connectivity index (χ4v) is 5.11. The Balaban J connectivity index is 1.28. The number of aliphatic hydroxyl groups excluding tert-OH is 5. The van der Waals surface area contributed by atoms with E-state index in [0.717, 1.165) is 5.56 Å². The maximum Gasteiger partial charge on any atom is 0.330 e. The molecule has 3 aliphatic heterocycles. The van der Waals surface area contributed by atoms with Gasteiger partial charge in [-0.05, 0) is 17.7 Å². The molecule has 0 spiro atoms. The highest BCUT2D eigenvalue weighted by atomic mass is 16.8. The number of carbonyl (C=O) groups is 1. The van der Waals surface area contributed by atoms with Crippen molar-refractivity contribution in [1.29, 1.82) is 0 Å². The lowest BCUT2D eigenvalue weighted by Gasteiger charge is -2.43. The average molecular weight is 492 g/mol. The standard InChI is InChI=1S/C24H28O11/c25-10-14-18(28)19(29)20(30)23(33-14)34-22-16-13(8-9-31-22)17(27)21-24(16,35-21)11-32-15(26)7-6-12-4-2-1-3-5-12/h1-9,13-14,16-23,25,27-30H,10-11H2/b7-6+/t13-,14-,16+,17-,18-,19+,20-,21-,22-,23-,24+/m0/s1. The van der Waals surface area contributed by atoms with Crippen molar-refractivity contribution in [3.63, 3.8) is 0 Å². The molecule has 4 aliphatic rings. The molecule has 1 aromatic rings. The summed E-state index contributed by atoms with van der Waals surface area (Å²) < 4.78 is 28.1. The average Bonchev–Trinajstić information content (AvgIpc) is 3.56. The lowest BCUT2D eigenvalue weighted by molar-refractivity contribution is -0.344. The van der Waals surface area contributed by atoms with E-state index in [-0.39, 0.29) is 6.61 Å². The Hall–Kier alpha value is -2.35. The van der Waals surface area contributed by atoms with Crippen LogP contribution in [0, 0.1) is 11.8 Å². The van der Waals surface area contributed by atoms with Gasteiger partial charge in [-0.1, -0.05) is 30.3 Å². The van der Waals surface area contributed by atoms with Gasteiger partial charge in [0.05, 0.1) is 24.9 Å². The lowest BCUT2D eigenvalue weighted by atomic mass is 9.85. The van der Waals surface area contributed by atoms with E-state index < -0.39 is 79.2 Å². The van der Waals surface area contributed by atoms with Gasteiger partial charge in [-0.2, -0.15) is 0 Å². The van der Waals surface area contributed by atoms with Crippen molar-refractivity contribution in [2.75, 3.05) is 13.2 Å². The van der Waals surface area contributed by atoms with Crippen molar-refractivity contribution in [3.05, 3.63) is 54.3 Å². The highest BCUT2D eigenvalue weighted by Crippen LogP contribution is 2.60. The Kier molecular flexibility index (Phi) is 6.68. The summed E-state index contributed by atoms with van der Waals surface area (Å²) in [4.78, 5) is 12.3. The predicted octanol–water partition coefficient (Wildman–Crippen LogP) is -1.33. The van der Waals surface area contributed by atoms with Gasteiger partial charge in [-0.15, -0.1) is 0 Å². The third kappa shape index (κ3) is 4.39. The SMILES string of the molecule is O=C(/C=C/c1ccccc1)OC[C@]12O[C@H]1[C@@H](O)[C@H]1C=CO[C@@H](O[C@@H]3O[C@@H](CO)[C@H](O)[C@@H](O)[C@@H]3O)[C@@H]12. The minimum absolute atomic E-state index is 0.167. The van der Waals surface area contributed by atoms with Gasteiger partial charge in [-0.3, -0.25) is 0 Å². The summed E-state index contributed by atoms with van der Waals surface area (Å²) in [5.41, 5.74) is -0.248. The van der Waals surface area contributed by atoms with Gasteiger partial charge in [-0.25, -0.2) is 4.79 Å². The second-order valence-corrected chi connectivity index (χ2v) is 9.11. The maximum atomic E-state index is 12.3. The molecular formula is C24H28O11. The van der Waals surface area contributed by atoms with Gasteiger partial charge >= 0.3 is 5.97 Å². The molecule has 2 saturated heterocycles. The third-order valence-corrected chi connectivity index (χ3v) is 7.03. The van der Waals surface area contributed by atoms with E-state index >= 15 is 0 Å². The number of fused-ring (bicyclic) bond motifs is 3. The lowest BCUT2D eigenvalue weighted by Crippen LogP contribution is -2.60. The minimum atomic E-state index is -1.63. The second-order valence-electron chi connectivity index (χ2n) is 9.11. The number of hydrogen-bond donors (Lipinski definition) is 5. The fourth-order valence-electron chi connectivity index (χ4n) is 5.11. The van der Waals surface area contributed by atoms with E-state index in [9.17, 15) is 30.3 Å². The Bertz CT molecular complexity index is 965. The molecule has 3 heterocycles. The van der Waals surface area contributed by atoms with Gasteiger partial charge in [0.25, 0.3) is 0 Å². The monoisotopic (exact) mass is 492 g/mol. The molecule has 11 heteroatoms. The van der Waals surface area contributed by atoms with Crippen LogP contribution in [0.3, 0.4) is 0 Å². The summed E-state index contributed by atoms with van der Waals surface area (Å²) in [6.45, 7) is -0.776. The number of carbonyl (C=O) groups excluding carboxylic acids is 1. The molecule has 3 fully saturated rings. The minimum Gasteiger partial charge on any atom is -0.472 e. The summed E-state index contributed by atoms with van der Waals surface area (Å²) in [5.74, 6) is -1.67. The van der Waals surface area contributed by atoms with Crippen LogP contribution in [0.1, 0.15) is 5.56 Å². The van der Waals surface area contributed by atoms with Crippen LogP contribution in [-0.4, -0.2) is 99.5 Å². The first-order valence-corrected chi connectivity index (χ1v) is 11.4. The van der Waals surface area contributed by atoms with Crippen LogP contribution >= 0.6 is 0 Å². The zero-order valence-electron chi connectivity index (χ0n) is 18.6. The molecule has 35 heavy (non-hydrogen) atoms. The van der Waals surface area contributed by atoms with E-state index in [2.05, 4.69) is 0 Å². The van der Waals surface area contributed by atoms with Crippen LogP contribution in [0.5, 0.6) is 0 Å². The van der Waals surface area contributed by atoms with Crippen LogP contribution in [-0.2, 0) is 28.5 Å². The number of benzene rings is 1. The molecule has 1 saturated carbocycles. The summed E-state index contributed by atoms with van der Waals surface area (Å²) in [6.07, 6.45) is -4.06. The molecule has 0 amide bonds. The zero-order chi connectivity index (χ0) is 24.7. The highest BCUT2D eigenvalue weighted by Gasteiger charge is 2.76. The smallest absolute Gasteiger partial charge is 0.330 e. The molecule has 190 valence electrons. The second kappa shape index (κ2) is 9.60. The summed E-state index contributed by atoms with van der Waals surface area (Å²) >= 11 is 0. The first-order chi connectivity index (χ1) is 16.9.